The van der Waals surface area contributed by atoms with Crippen LogP contribution in [0.3, 0.4) is 0 Å². The van der Waals surface area contributed by atoms with Gasteiger partial charge in [0.05, 0.1) is 34.2 Å². The van der Waals surface area contributed by atoms with Crippen molar-refractivity contribution in [1.82, 2.24) is 29.4 Å². The maximum atomic E-state index is 12.7. The molecule has 0 spiro atoms. The average Bonchev–Trinajstić information content (AvgIpc) is 3.62. The maximum absolute atomic E-state index is 12.7. The van der Waals surface area contributed by atoms with Crippen LogP contribution in [0.4, 0.5) is 0 Å². The maximum Gasteiger partial charge on any atom is 0.352 e. The molecule has 1 aliphatic heterocycles. The number of carbonyl (C=O) groups is 1. The SMILES string of the molecule is Cc1nn(C)c2c1-c1c(Cl)ccc3c(c(C(=O)O)n(C)c13)CCCOc1cc(cc3ccccc13)SCc1cc(nn1C)CNC2. The van der Waals surface area contributed by atoms with Gasteiger partial charge in [0.2, 0.25) is 0 Å². The molecule has 3 aromatic heterocycles. The number of aromatic carboxylic acids is 1. The van der Waals surface area contributed by atoms with Gasteiger partial charge in [-0.1, -0.05) is 41.9 Å². The van der Waals surface area contributed by atoms with Gasteiger partial charge in [-0.3, -0.25) is 9.36 Å². The molecule has 0 unspecified atom stereocenters. The second-order valence-electron chi connectivity index (χ2n) is 11.8. The molecule has 0 saturated carbocycles. The summed E-state index contributed by atoms with van der Waals surface area (Å²) >= 11 is 8.72. The van der Waals surface area contributed by atoms with Crippen molar-refractivity contribution in [2.45, 2.75) is 43.5 Å². The van der Waals surface area contributed by atoms with E-state index in [4.69, 9.17) is 26.5 Å². The quantitative estimate of drug-likeness (QED) is 0.196. The Morgan fingerprint density at radius 1 is 1.00 bits per heavy atom. The summed E-state index contributed by atoms with van der Waals surface area (Å²) in [6, 6.07) is 18.5. The molecular formula is C35H35ClN6O3S. The molecule has 0 amide bonds. The number of thioether (sulfide) groups is 1. The zero-order valence-electron chi connectivity index (χ0n) is 26.2. The molecule has 46 heavy (non-hydrogen) atoms. The van der Waals surface area contributed by atoms with Gasteiger partial charge < -0.3 is 19.7 Å². The van der Waals surface area contributed by atoms with E-state index in [1.165, 1.54) is 0 Å². The van der Waals surface area contributed by atoms with Gasteiger partial charge in [-0.15, -0.1) is 11.8 Å². The van der Waals surface area contributed by atoms with Crippen LogP contribution in [0.1, 0.15) is 45.2 Å². The van der Waals surface area contributed by atoms with Crippen molar-refractivity contribution in [2.75, 3.05) is 6.61 Å². The Labute approximate surface area is 276 Å². The fourth-order valence-corrected chi connectivity index (χ4v) is 7.97. The molecule has 0 aliphatic carbocycles. The third-order valence-electron chi connectivity index (χ3n) is 8.84. The summed E-state index contributed by atoms with van der Waals surface area (Å²) in [7, 11) is 5.72. The molecule has 8 bridgehead atoms. The molecule has 11 heteroatoms. The summed E-state index contributed by atoms with van der Waals surface area (Å²) in [5.74, 6) is 0.621. The fraction of sp³-hybridized carbons (Fsp3) is 0.286. The Morgan fingerprint density at radius 3 is 2.65 bits per heavy atom. The van der Waals surface area contributed by atoms with Gasteiger partial charge in [0.1, 0.15) is 11.4 Å². The highest BCUT2D eigenvalue weighted by Gasteiger charge is 2.27. The number of rotatable bonds is 1. The van der Waals surface area contributed by atoms with Crippen molar-refractivity contribution in [3.63, 3.8) is 0 Å². The van der Waals surface area contributed by atoms with E-state index in [2.05, 4.69) is 35.6 Å². The third kappa shape index (κ3) is 5.34. The van der Waals surface area contributed by atoms with Crippen LogP contribution in [-0.2, 0) is 46.4 Å². The largest absolute Gasteiger partial charge is 0.493 e. The second kappa shape index (κ2) is 12.2. The van der Waals surface area contributed by atoms with Gasteiger partial charge in [-0.2, -0.15) is 10.2 Å². The van der Waals surface area contributed by atoms with E-state index in [9.17, 15) is 9.90 Å². The van der Waals surface area contributed by atoms with Crippen molar-refractivity contribution in [1.29, 1.82) is 0 Å². The molecule has 3 aromatic carbocycles. The van der Waals surface area contributed by atoms with E-state index >= 15 is 0 Å². The Hall–Kier alpha value is -4.25. The first-order valence-corrected chi connectivity index (χ1v) is 16.6. The number of hydrogen-bond acceptors (Lipinski definition) is 6. The van der Waals surface area contributed by atoms with E-state index in [0.29, 0.717) is 37.6 Å². The normalized spacial score (nSPS) is 14.3. The first-order valence-electron chi connectivity index (χ1n) is 15.3. The minimum absolute atomic E-state index is 0.261. The van der Waals surface area contributed by atoms with Gasteiger partial charge in [-0.05, 0) is 55.0 Å². The summed E-state index contributed by atoms with van der Waals surface area (Å²) < 4.78 is 12.0. The zero-order chi connectivity index (χ0) is 32.1. The van der Waals surface area contributed by atoms with E-state index in [1.807, 2.05) is 61.7 Å². The second-order valence-corrected chi connectivity index (χ2v) is 13.2. The third-order valence-corrected chi connectivity index (χ3v) is 10.2. The molecule has 7 rings (SSSR count). The number of aromatic nitrogens is 5. The van der Waals surface area contributed by atoms with Crippen molar-refractivity contribution in [3.8, 4) is 16.9 Å². The predicted molar refractivity (Wildman–Crippen MR) is 183 cm³/mol. The number of halogens is 1. The van der Waals surface area contributed by atoms with E-state index in [-0.39, 0.29) is 5.69 Å². The highest BCUT2D eigenvalue weighted by Crippen LogP contribution is 2.42. The molecule has 0 radical (unpaired) electrons. The van der Waals surface area contributed by atoms with Crippen molar-refractivity contribution >= 4 is 51.0 Å². The van der Waals surface area contributed by atoms with E-state index in [1.54, 1.807) is 16.3 Å². The first kappa shape index (κ1) is 30.4. The number of carboxylic acid groups (broad SMARTS) is 1. The summed E-state index contributed by atoms with van der Waals surface area (Å²) in [6.45, 7) is 3.51. The first-order chi connectivity index (χ1) is 22.2. The number of benzene rings is 3. The van der Waals surface area contributed by atoms with Gasteiger partial charge in [0, 0.05) is 72.5 Å². The lowest BCUT2D eigenvalue weighted by Crippen LogP contribution is -2.16. The summed E-state index contributed by atoms with van der Waals surface area (Å²) in [5.41, 5.74) is 7.39. The lowest BCUT2D eigenvalue weighted by Gasteiger charge is -2.13. The Bertz CT molecular complexity index is 2150. The Morgan fingerprint density at radius 2 is 1.83 bits per heavy atom. The number of hydrogen-bond donors (Lipinski definition) is 2. The molecule has 6 aromatic rings. The molecule has 9 nitrogen and oxygen atoms in total. The van der Waals surface area contributed by atoms with Gasteiger partial charge >= 0.3 is 5.97 Å². The molecule has 4 heterocycles. The summed E-state index contributed by atoms with van der Waals surface area (Å²) in [5, 5.41) is 27.1. The topological polar surface area (TPSA) is 99.1 Å². The van der Waals surface area contributed by atoms with E-state index in [0.717, 1.165) is 77.5 Å². The number of nitrogens with one attached hydrogen (secondary N) is 1. The molecule has 2 N–H and O–H groups in total. The van der Waals surface area contributed by atoms with Gasteiger partial charge in [0.25, 0.3) is 0 Å². The summed E-state index contributed by atoms with van der Waals surface area (Å²) in [4.78, 5) is 13.8. The Balaban J connectivity index is 1.36. The van der Waals surface area contributed by atoms with E-state index < -0.39 is 5.97 Å². The van der Waals surface area contributed by atoms with Crippen LogP contribution in [0.15, 0.2) is 59.5 Å². The van der Waals surface area contributed by atoms with Crippen molar-refractivity contribution < 1.29 is 14.6 Å². The van der Waals surface area contributed by atoms with Crippen molar-refractivity contribution in [2.24, 2.45) is 21.1 Å². The van der Waals surface area contributed by atoms with Crippen LogP contribution >= 0.6 is 23.4 Å². The highest BCUT2D eigenvalue weighted by molar-refractivity contribution is 7.98. The van der Waals surface area contributed by atoms with Crippen LogP contribution in [0.25, 0.3) is 32.8 Å². The standard InChI is InChI=1S/C35H35ClN6O3S/c1-20-31-29(42(4)38-20)18-37-17-22-15-23(41(3)39-22)19-46-24-14-21-8-5-6-9-25(21)30(16-24)45-13-7-10-26-27-11-12-28(36)32(31)33(27)40(2)34(26)35(43)44/h5-6,8-9,11-12,14-16,37H,7,10,13,17-19H2,1-4H3,(H,43,44). The molecule has 236 valence electrons. The smallest absolute Gasteiger partial charge is 0.352 e. The van der Waals surface area contributed by atoms with Crippen LogP contribution in [0, 0.1) is 6.92 Å². The number of carboxylic acids is 1. The number of ether oxygens (including phenoxy) is 1. The highest BCUT2D eigenvalue weighted by atomic mass is 35.5. The van der Waals surface area contributed by atoms with Crippen LogP contribution in [0.5, 0.6) is 5.75 Å². The van der Waals surface area contributed by atoms with Crippen molar-refractivity contribution in [3.05, 3.63) is 93.7 Å². The zero-order valence-corrected chi connectivity index (χ0v) is 27.8. The minimum Gasteiger partial charge on any atom is -0.493 e. The molecule has 0 atom stereocenters. The lowest BCUT2D eigenvalue weighted by molar-refractivity contribution is 0.0685. The monoisotopic (exact) mass is 654 g/mol. The van der Waals surface area contributed by atoms with Crippen LogP contribution < -0.4 is 10.1 Å². The molecular weight excluding hydrogens is 620 g/mol. The number of aryl methyl sites for hydroxylation is 5. The average molecular weight is 655 g/mol. The van der Waals surface area contributed by atoms with Crippen LogP contribution in [0.2, 0.25) is 5.02 Å². The lowest BCUT2D eigenvalue weighted by atomic mass is 9.98. The molecule has 1 aliphatic rings. The predicted octanol–water partition coefficient (Wildman–Crippen LogP) is 7.03. The minimum atomic E-state index is -0.971. The number of nitrogens with zero attached hydrogens (tertiary/aromatic N) is 5. The van der Waals surface area contributed by atoms with Gasteiger partial charge in [0.15, 0.2) is 0 Å². The Kier molecular flexibility index (Phi) is 8.04. The van der Waals surface area contributed by atoms with Crippen LogP contribution in [-0.4, -0.2) is 41.8 Å². The van der Waals surface area contributed by atoms with Gasteiger partial charge in [-0.25, -0.2) is 4.79 Å². The molecule has 0 saturated heterocycles. The summed E-state index contributed by atoms with van der Waals surface area (Å²) in [6.07, 6.45) is 1.18. The number of fused-ring (bicyclic) bond motifs is 8. The fourth-order valence-electron chi connectivity index (χ4n) is 6.74. The molecule has 0 fully saturated rings.